The largest absolute Gasteiger partial charge is 0.459 e. The monoisotopic (exact) mass is 258 g/mol. The van der Waals surface area contributed by atoms with Crippen molar-refractivity contribution >= 4 is 17.7 Å². The van der Waals surface area contributed by atoms with Gasteiger partial charge in [0, 0.05) is 5.75 Å². The Morgan fingerprint density at radius 2 is 2.12 bits per heavy atom. The lowest BCUT2D eigenvalue weighted by Gasteiger charge is -1.96. The molecule has 0 aliphatic rings. The molecule has 0 amide bonds. The van der Waals surface area contributed by atoms with Gasteiger partial charge < -0.3 is 9.15 Å². The Morgan fingerprint density at radius 3 is 2.82 bits per heavy atom. The van der Waals surface area contributed by atoms with Crippen molar-refractivity contribution in [3.05, 3.63) is 5.89 Å². The predicted octanol–water partition coefficient (Wildman–Crippen LogP) is 2.92. The summed E-state index contributed by atoms with van der Waals surface area (Å²) in [6.07, 6.45) is 4.80. The van der Waals surface area contributed by atoms with Gasteiger partial charge in [-0.2, -0.15) is 0 Å². The summed E-state index contributed by atoms with van der Waals surface area (Å²) >= 11 is 1.48. The van der Waals surface area contributed by atoms with E-state index in [2.05, 4.69) is 17.1 Å². The molecule has 0 bridgehead atoms. The number of unbranched alkanes of at least 4 members (excludes halogenated alkanes) is 3. The minimum absolute atomic E-state index is 0.0668. The molecule has 0 aromatic carbocycles. The molecule has 0 aliphatic heterocycles. The number of rotatable bonds is 8. The molecule has 0 saturated heterocycles. The average Bonchev–Trinajstić information content (AvgIpc) is 2.78. The van der Waals surface area contributed by atoms with Gasteiger partial charge in [-0.3, -0.25) is 0 Å². The molecule has 1 heterocycles. The first kappa shape index (κ1) is 14.0. The minimum atomic E-state index is -0.558. The Bertz CT molecular complexity index is 341. The van der Waals surface area contributed by atoms with Gasteiger partial charge in [0.2, 0.25) is 0 Å². The maximum absolute atomic E-state index is 11.2. The van der Waals surface area contributed by atoms with Crippen LogP contribution < -0.4 is 0 Å². The van der Waals surface area contributed by atoms with E-state index < -0.39 is 5.97 Å². The van der Waals surface area contributed by atoms with Crippen molar-refractivity contribution in [3.63, 3.8) is 0 Å². The number of hydrogen-bond acceptors (Lipinski definition) is 6. The lowest BCUT2D eigenvalue weighted by molar-refractivity contribution is 0.0475. The van der Waals surface area contributed by atoms with Crippen LogP contribution in [0, 0.1) is 0 Å². The fraction of sp³-hybridized carbons (Fsp3) is 0.727. The van der Waals surface area contributed by atoms with Crippen LogP contribution in [0.4, 0.5) is 0 Å². The highest BCUT2D eigenvalue weighted by molar-refractivity contribution is 7.99. The molecule has 0 unspecified atom stereocenters. The quantitative estimate of drug-likeness (QED) is 0.406. The van der Waals surface area contributed by atoms with Crippen molar-refractivity contribution in [1.82, 2.24) is 10.2 Å². The third-order valence-corrected chi connectivity index (χ3v) is 2.98. The number of hydrogen-bond donors (Lipinski definition) is 0. The maximum atomic E-state index is 11.2. The van der Waals surface area contributed by atoms with Crippen LogP contribution in [0.2, 0.25) is 0 Å². The molecule has 0 spiro atoms. The van der Waals surface area contributed by atoms with E-state index in [1.807, 2.05) is 0 Å². The molecule has 1 rings (SSSR count). The first-order valence-corrected chi connectivity index (χ1v) is 6.89. The molecular weight excluding hydrogens is 240 g/mol. The van der Waals surface area contributed by atoms with Crippen molar-refractivity contribution in [2.45, 2.75) is 44.8 Å². The lowest BCUT2D eigenvalue weighted by Crippen LogP contribution is -2.04. The first-order valence-electron chi connectivity index (χ1n) is 5.91. The minimum Gasteiger partial charge on any atom is -0.459 e. The second kappa shape index (κ2) is 8.11. The molecule has 5 nitrogen and oxygen atoms in total. The third kappa shape index (κ3) is 5.21. The molecule has 0 N–H and O–H groups in total. The number of carbonyl (C=O) groups excluding carboxylic acids is 1. The molecule has 96 valence electrons. The molecule has 6 heteroatoms. The van der Waals surface area contributed by atoms with Crippen LogP contribution in [-0.4, -0.2) is 28.5 Å². The summed E-state index contributed by atoms with van der Waals surface area (Å²) in [5.74, 6) is 0.311. The van der Waals surface area contributed by atoms with Crippen LogP contribution in [0.3, 0.4) is 0 Å². The Labute approximate surface area is 105 Å². The highest BCUT2D eigenvalue weighted by atomic mass is 32.2. The summed E-state index contributed by atoms with van der Waals surface area (Å²) in [7, 11) is 0. The van der Waals surface area contributed by atoms with Crippen LogP contribution in [-0.2, 0) is 4.74 Å². The van der Waals surface area contributed by atoms with Gasteiger partial charge in [0.15, 0.2) is 0 Å². The van der Waals surface area contributed by atoms with Crippen LogP contribution in [0.25, 0.3) is 0 Å². The third-order valence-electron chi connectivity index (χ3n) is 2.08. The Balaban J connectivity index is 2.28. The van der Waals surface area contributed by atoms with E-state index in [1.165, 1.54) is 31.0 Å². The van der Waals surface area contributed by atoms with Gasteiger partial charge in [0.1, 0.15) is 0 Å². The second-order valence-corrected chi connectivity index (χ2v) is 4.55. The normalized spacial score (nSPS) is 10.5. The van der Waals surface area contributed by atoms with E-state index in [-0.39, 0.29) is 5.89 Å². The van der Waals surface area contributed by atoms with Gasteiger partial charge in [-0.1, -0.05) is 43.0 Å². The molecule has 0 atom stereocenters. The van der Waals surface area contributed by atoms with E-state index in [9.17, 15) is 4.79 Å². The second-order valence-electron chi connectivity index (χ2n) is 3.50. The van der Waals surface area contributed by atoms with Crippen LogP contribution in [0.1, 0.15) is 50.2 Å². The number of thioether (sulfide) groups is 1. The van der Waals surface area contributed by atoms with Crippen LogP contribution >= 0.6 is 11.8 Å². The first-order chi connectivity index (χ1) is 8.27. The SMILES string of the molecule is CCCCCCSc1nnc(C(=O)OCC)o1. The number of esters is 1. The van der Waals surface area contributed by atoms with Gasteiger partial charge in [0.25, 0.3) is 5.22 Å². The van der Waals surface area contributed by atoms with E-state index in [4.69, 9.17) is 9.15 Å². The highest BCUT2D eigenvalue weighted by Crippen LogP contribution is 2.18. The van der Waals surface area contributed by atoms with Gasteiger partial charge in [-0.05, 0) is 13.3 Å². The zero-order valence-electron chi connectivity index (χ0n) is 10.3. The number of carbonyl (C=O) groups is 1. The number of nitrogens with zero attached hydrogens (tertiary/aromatic N) is 2. The maximum Gasteiger partial charge on any atom is 0.396 e. The van der Waals surface area contributed by atoms with Gasteiger partial charge in [-0.25, -0.2) is 4.79 Å². The van der Waals surface area contributed by atoms with Gasteiger partial charge in [-0.15, -0.1) is 5.10 Å². The standard InChI is InChI=1S/C11H18N2O3S/c1-3-5-6-7-8-17-11-13-12-9(16-11)10(14)15-4-2/h3-8H2,1-2H3. The molecule has 0 saturated carbocycles. The van der Waals surface area contributed by atoms with E-state index >= 15 is 0 Å². The average molecular weight is 258 g/mol. The van der Waals surface area contributed by atoms with Crippen molar-refractivity contribution < 1.29 is 13.9 Å². The zero-order chi connectivity index (χ0) is 12.5. The van der Waals surface area contributed by atoms with Gasteiger partial charge >= 0.3 is 11.9 Å². The molecule has 0 radical (unpaired) electrons. The van der Waals surface area contributed by atoms with E-state index in [0.717, 1.165) is 12.2 Å². The molecule has 0 aliphatic carbocycles. The van der Waals surface area contributed by atoms with Crippen LogP contribution in [0.5, 0.6) is 0 Å². The predicted molar refractivity (Wildman–Crippen MR) is 65.1 cm³/mol. The van der Waals surface area contributed by atoms with Crippen LogP contribution in [0.15, 0.2) is 9.64 Å². The van der Waals surface area contributed by atoms with Gasteiger partial charge in [0.05, 0.1) is 6.61 Å². The van der Waals surface area contributed by atoms with Crippen molar-refractivity contribution in [2.75, 3.05) is 12.4 Å². The van der Waals surface area contributed by atoms with E-state index in [0.29, 0.717) is 11.8 Å². The summed E-state index contributed by atoms with van der Waals surface area (Å²) < 4.78 is 9.93. The summed E-state index contributed by atoms with van der Waals surface area (Å²) in [6, 6.07) is 0. The summed E-state index contributed by atoms with van der Waals surface area (Å²) in [4.78, 5) is 11.2. The highest BCUT2D eigenvalue weighted by Gasteiger charge is 2.15. The number of aromatic nitrogens is 2. The lowest BCUT2D eigenvalue weighted by atomic mass is 10.2. The summed E-state index contributed by atoms with van der Waals surface area (Å²) in [5, 5.41) is 7.86. The Kier molecular flexibility index (Phi) is 6.69. The molecule has 1 aromatic heterocycles. The summed E-state index contributed by atoms with van der Waals surface area (Å²) in [6.45, 7) is 4.22. The Hall–Kier alpha value is -1.04. The zero-order valence-corrected chi connectivity index (χ0v) is 11.1. The topological polar surface area (TPSA) is 65.2 Å². The smallest absolute Gasteiger partial charge is 0.396 e. The molecule has 0 fully saturated rings. The fourth-order valence-electron chi connectivity index (χ4n) is 1.23. The fourth-order valence-corrected chi connectivity index (χ4v) is 1.99. The molecule has 1 aromatic rings. The summed E-state index contributed by atoms with van der Waals surface area (Å²) in [5.41, 5.74) is 0. The Morgan fingerprint density at radius 1 is 1.29 bits per heavy atom. The molecular formula is C11H18N2O3S. The van der Waals surface area contributed by atoms with Crippen molar-refractivity contribution in [1.29, 1.82) is 0 Å². The van der Waals surface area contributed by atoms with Crippen molar-refractivity contribution in [2.24, 2.45) is 0 Å². The molecule has 17 heavy (non-hydrogen) atoms. The van der Waals surface area contributed by atoms with Crippen molar-refractivity contribution in [3.8, 4) is 0 Å². The van der Waals surface area contributed by atoms with E-state index in [1.54, 1.807) is 6.92 Å². The number of ether oxygens (including phenoxy) is 1.